The summed E-state index contributed by atoms with van der Waals surface area (Å²) in [6.07, 6.45) is 12.7. The van der Waals surface area contributed by atoms with Gasteiger partial charge in [-0.15, -0.1) is 17.9 Å². The second-order valence-corrected chi connectivity index (χ2v) is 17.3. The molecule has 3 heterocycles. The first kappa shape index (κ1) is 44.6. The summed E-state index contributed by atoms with van der Waals surface area (Å²) in [5.74, 6) is 1.12. The minimum Gasteiger partial charge on any atom is -0.496 e. The molecule has 1 unspecified atom stereocenters. The molecule has 0 radical (unpaired) electrons. The quantitative estimate of drug-likeness (QED) is 0.0394. The molecule has 11 nitrogen and oxygen atoms in total. The van der Waals surface area contributed by atoms with Crippen LogP contribution in [0.15, 0.2) is 71.4 Å². The fourth-order valence-corrected chi connectivity index (χ4v) is 8.18. The molecule has 3 aliphatic rings. The van der Waals surface area contributed by atoms with Crippen molar-refractivity contribution >= 4 is 52.4 Å². The minimum atomic E-state index is -0.492. The molecule has 0 spiro atoms. The Morgan fingerprint density at radius 1 is 1.10 bits per heavy atom. The van der Waals surface area contributed by atoms with Crippen LogP contribution < -0.4 is 20.2 Å². The fourth-order valence-electron chi connectivity index (χ4n) is 6.61. The Hall–Kier alpha value is -4.46. The van der Waals surface area contributed by atoms with Gasteiger partial charge in [0.2, 0.25) is 12.3 Å². The Balaban J connectivity index is 0.000000194. The number of nitrogens with one attached hydrogen (secondary N) is 3. The molecule has 2 aromatic carbocycles. The molecule has 58 heavy (non-hydrogen) atoms. The number of rotatable bonds is 18. The number of nitrogens with zero attached hydrogens (tertiary/aromatic N) is 2. The standard InChI is InChI=1S/C24H34N2O3.C17H18N2O2S.C4H7NOS/c1-2-3-4-8-18-29-22(16-13-19-10-6-5-7-11-19)24(28)26-17-9-12-21(26)23(27)25-20-14-15-20;1-9(2)13-8-22-17(19-13)12-7-14(20)11-5-6-15(21-4)10(3)16(11)18-12;6-3-5-7-4-1-2-4/h2,5-7,10-11,20-22H,1,3-4,8-9,12-18H2,(H,25,27);5-9H,1-4H3,(H,18,20);3-4H,1-2H2,(H,5,6)/t21?,22-;;/m1../s1. The van der Waals surface area contributed by atoms with Gasteiger partial charge in [0, 0.05) is 46.8 Å². The van der Waals surface area contributed by atoms with Gasteiger partial charge in [-0.25, -0.2) is 4.98 Å². The second kappa shape index (κ2) is 22.6. The summed E-state index contributed by atoms with van der Waals surface area (Å²) in [6, 6.07) is 15.4. The number of pyridine rings is 1. The molecular formula is C45H59N5O6S2. The zero-order valence-electron chi connectivity index (χ0n) is 34.3. The van der Waals surface area contributed by atoms with Gasteiger partial charge in [0.25, 0.3) is 5.91 Å². The summed E-state index contributed by atoms with van der Waals surface area (Å²) in [5, 5.41) is 7.34. The van der Waals surface area contributed by atoms with Gasteiger partial charge in [0.15, 0.2) is 5.43 Å². The van der Waals surface area contributed by atoms with E-state index < -0.39 is 6.10 Å². The number of hydrogen-bond acceptors (Lipinski definition) is 9. The average molecular weight is 830 g/mol. The number of aromatic amines is 1. The van der Waals surface area contributed by atoms with Gasteiger partial charge in [-0.1, -0.05) is 50.3 Å². The molecule has 0 bridgehead atoms. The molecule has 7 rings (SSSR count). The van der Waals surface area contributed by atoms with Crippen molar-refractivity contribution < 1.29 is 23.9 Å². The number of unbranched alkanes of at least 4 members (excludes halogenated alkanes) is 2. The third kappa shape index (κ3) is 13.3. The zero-order chi connectivity index (χ0) is 41.4. The number of ether oxygens (including phenoxy) is 2. The van der Waals surface area contributed by atoms with Gasteiger partial charge < -0.3 is 29.4 Å². The van der Waals surface area contributed by atoms with Crippen LogP contribution in [0.25, 0.3) is 21.6 Å². The average Bonchev–Trinajstić information content (AvgIpc) is 4.13. The predicted molar refractivity (Wildman–Crippen MR) is 235 cm³/mol. The first-order valence-electron chi connectivity index (χ1n) is 20.5. The molecule has 3 N–H and O–H groups in total. The van der Waals surface area contributed by atoms with Crippen molar-refractivity contribution in [3.05, 3.63) is 93.6 Å². The summed E-state index contributed by atoms with van der Waals surface area (Å²) < 4.78 is 13.9. The largest absolute Gasteiger partial charge is 0.496 e. The number of amides is 3. The first-order valence-corrected chi connectivity index (χ1v) is 22.3. The highest BCUT2D eigenvalue weighted by molar-refractivity contribution is 7.98. The molecule has 1 aliphatic heterocycles. The highest BCUT2D eigenvalue weighted by atomic mass is 32.2. The number of methoxy groups -OCH3 is 1. The lowest BCUT2D eigenvalue weighted by atomic mass is 10.1. The van der Waals surface area contributed by atoms with Crippen LogP contribution in [0.4, 0.5) is 0 Å². The molecule has 2 aliphatic carbocycles. The molecule has 4 aromatic rings. The zero-order valence-corrected chi connectivity index (χ0v) is 35.9. The topological polar surface area (TPSA) is 143 Å². The third-order valence-electron chi connectivity index (χ3n) is 10.3. The Morgan fingerprint density at radius 3 is 2.53 bits per heavy atom. The smallest absolute Gasteiger partial charge is 0.252 e. The highest BCUT2D eigenvalue weighted by Gasteiger charge is 2.39. The number of fused-ring (bicyclic) bond motifs is 1. The number of thiazole rings is 1. The number of hydrogen-bond donors (Lipinski definition) is 3. The molecule has 3 amide bonds. The number of benzene rings is 2. The number of carbonyl (C=O) groups is 3. The molecule has 2 saturated carbocycles. The van der Waals surface area contributed by atoms with Gasteiger partial charge >= 0.3 is 0 Å². The monoisotopic (exact) mass is 829 g/mol. The second-order valence-electron chi connectivity index (χ2n) is 15.3. The molecule has 2 atom stereocenters. The van der Waals surface area contributed by atoms with E-state index in [1.807, 2.05) is 42.6 Å². The lowest BCUT2D eigenvalue weighted by Crippen LogP contribution is -2.50. The van der Waals surface area contributed by atoms with E-state index in [1.54, 1.807) is 35.5 Å². The lowest BCUT2D eigenvalue weighted by molar-refractivity contribution is -0.148. The van der Waals surface area contributed by atoms with Crippen LogP contribution in [-0.2, 0) is 25.5 Å². The number of allylic oxidation sites excluding steroid dienone is 1. The van der Waals surface area contributed by atoms with E-state index in [4.69, 9.17) is 9.47 Å². The normalized spacial score (nSPS) is 16.4. The minimum absolute atomic E-state index is 0.00389. The van der Waals surface area contributed by atoms with Crippen molar-refractivity contribution in [2.45, 2.75) is 121 Å². The van der Waals surface area contributed by atoms with Crippen molar-refractivity contribution in [3.63, 3.8) is 0 Å². The Morgan fingerprint density at radius 2 is 1.88 bits per heavy atom. The summed E-state index contributed by atoms with van der Waals surface area (Å²) in [4.78, 5) is 57.6. The van der Waals surface area contributed by atoms with Crippen LogP contribution in [0.5, 0.6) is 5.75 Å². The van der Waals surface area contributed by atoms with E-state index in [2.05, 4.69) is 52.6 Å². The van der Waals surface area contributed by atoms with Crippen molar-refractivity contribution in [2.75, 3.05) is 20.3 Å². The first-order chi connectivity index (χ1) is 28.1. The van der Waals surface area contributed by atoms with Crippen LogP contribution in [-0.4, -0.2) is 76.8 Å². The number of likely N-dealkylation sites (tertiary alicyclic amines) is 1. The van der Waals surface area contributed by atoms with Crippen LogP contribution in [0, 0.1) is 6.92 Å². The number of aromatic nitrogens is 2. The molecule has 13 heteroatoms. The maximum atomic E-state index is 13.3. The summed E-state index contributed by atoms with van der Waals surface area (Å²) in [7, 11) is 1.63. The van der Waals surface area contributed by atoms with Crippen molar-refractivity contribution in [1.82, 2.24) is 24.9 Å². The van der Waals surface area contributed by atoms with E-state index in [0.29, 0.717) is 36.9 Å². The molecular weight excluding hydrogens is 771 g/mol. The summed E-state index contributed by atoms with van der Waals surface area (Å²) in [6.45, 7) is 11.1. The van der Waals surface area contributed by atoms with Crippen molar-refractivity contribution in [1.29, 1.82) is 0 Å². The maximum absolute atomic E-state index is 13.3. The highest BCUT2D eigenvalue weighted by Crippen LogP contribution is 2.31. The Bertz CT molecular complexity index is 2010. The SMILES string of the molecule is C=CCCCCO[C@H](CCc1ccccc1)C(=O)N1CCCC1C(=O)NC1CC1.COc1ccc2c(=O)cc(-c3nc(C(C)C)cs3)[nH]c2c1C.O=CNSC1CC1. The molecule has 2 aromatic heterocycles. The van der Waals surface area contributed by atoms with Crippen LogP contribution >= 0.6 is 23.3 Å². The van der Waals surface area contributed by atoms with Crippen LogP contribution in [0.2, 0.25) is 0 Å². The van der Waals surface area contributed by atoms with Crippen LogP contribution in [0.3, 0.4) is 0 Å². The predicted octanol–water partition coefficient (Wildman–Crippen LogP) is 8.27. The molecule has 3 fully saturated rings. The van der Waals surface area contributed by atoms with E-state index in [-0.39, 0.29) is 23.3 Å². The lowest BCUT2D eigenvalue weighted by Gasteiger charge is -2.28. The van der Waals surface area contributed by atoms with Crippen molar-refractivity contribution in [3.8, 4) is 16.5 Å². The maximum Gasteiger partial charge on any atom is 0.252 e. The summed E-state index contributed by atoms with van der Waals surface area (Å²) >= 11 is 3.08. The summed E-state index contributed by atoms with van der Waals surface area (Å²) in [5.41, 5.74) is 4.73. The third-order valence-corrected chi connectivity index (χ3v) is 12.2. The van der Waals surface area contributed by atoms with Crippen LogP contribution in [0.1, 0.15) is 101 Å². The fraction of sp³-hybridized carbons (Fsp3) is 0.489. The van der Waals surface area contributed by atoms with Gasteiger partial charge in [0.1, 0.15) is 22.9 Å². The van der Waals surface area contributed by atoms with E-state index >= 15 is 0 Å². The van der Waals surface area contributed by atoms with E-state index in [1.165, 1.54) is 30.4 Å². The van der Waals surface area contributed by atoms with Gasteiger partial charge in [-0.05, 0) is 113 Å². The van der Waals surface area contributed by atoms with E-state index in [9.17, 15) is 19.2 Å². The number of H-pyrrole nitrogens is 1. The van der Waals surface area contributed by atoms with Gasteiger partial charge in [0.05, 0.1) is 24.0 Å². The van der Waals surface area contributed by atoms with Crippen molar-refractivity contribution in [2.24, 2.45) is 0 Å². The molecule has 312 valence electrons. The van der Waals surface area contributed by atoms with E-state index in [0.717, 1.165) is 96.3 Å². The Labute approximate surface area is 350 Å². The Kier molecular flexibility index (Phi) is 17.4. The van der Waals surface area contributed by atoms with Gasteiger partial charge in [-0.2, -0.15) is 0 Å². The number of carbonyl (C=O) groups excluding carboxylic acids is 3. The number of aryl methyl sites for hydroxylation is 2. The van der Waals surface area contributed by atoms with Gasteiger partial charge in [-0.3, -0.25) is 19.2 Å². The molecule has 1 saturated heterocycles.